The summed E-state index contributed by atoms with van der Waals surface area (Å²) in [7, 11) is 5.08. The van der Waals surface area contributed by atoms with Crippen LogP contribution in [0.25, 0.3) is 0 Å². The van der Waals surface area contributed by atoms with Gasteiger partial charge in [-0.25, -0.2) is 0 Å². The molecule has 0 spiro atoms. The third-order valence-corrected chi connectivity index (χ3v) is 3.35. The molecule has 0 fully saturated rings. The van der Waals surface area contributed by atoms with E-state index >= 15 is 0 Å². The molecule has 0 aliphatic carbocycles. The number of halogens is 1. The Kier molecular flexibility index (Phi) is 4.39. The van der Waals surface area contributed by atoms with Crippen LogP contribution in [0.2, 0.25) is 5.02 Å². The number of methoxy groups -OCH3 is 2. The van der Waals surface area contributed by atoms with E-state index in [-0.39, 0.29) is 6.04 Å². The first-order valence-electron chi connectivity index (χ1n) is 6.21. The van der Waals surface area contributed by atoms with Gasteiger partial charge >= 0.3 is 0 Å². The molecule has 0 aliphatic heterocycles. The van der Waals surface area contributed by atoms with Gasteiger partial charge < -0.3 is 14.8 Å². The number of ether oxygens (including phenoxy) is 2. The van der Waals surface area contributed by atoms with E-state index in [1.54, 1.807) is 31.2 Å². The second-order valence-corrected chi connectivity index (χ2v) is 4.90. The highest BCUT2D eigenvalue weighted by atomic mass is 35.5. The molecule has 1 heterocycles. The molecule has 0 aliphatic rings. The summed E-state index contributed by atoms with van der Waals surface area (Å²) in [5, 5.41) is 8.04. The van der Waals surface area contributed by atoms with Gasteiger partial charge in [0, 0.05) is 24.9 Å². The zero-order chi connectivity index (χ0) is 14.7. The third-order valence-electron chi connectivity index (χ3n) is 3.06. The zero-order valence-corrected chi connectivity index (χ0v) is 12.7. The summed E-state index contributed by atoms with van der Waals surface area (Å²) in [4.78, 5) is 0. The standard InChI is InChI=1S/C14H18ClN3O2/c1-9(17-10-7-16-18(2)8-10)11-5-12(15)14(20-4)6-13(11)19-3/h5-9,17H,1-4H3. The SMILES string of the molecule is COc1cc(OC)c(C(C)Nc2cnn(C)c2)cc1Cl. The Balaban J connectivity index is 2.28. The minimum Gasteiger partial charge on any atom is -0.496 e. The number of aryl methyl sites for hydroxylation is 1. The monoisotopic (exact) mass is 295 g/mol. The van der Waals surface area contributed by atoms with E-state index in [1.807, 2.05) is 26.2 Å². The van der Waals surface area contributed by atoms with Gasteiger partial charge in [0.1, 0.15) is 11.5 Å². The van der Waals surface area contributed by atoms with Crippen LogP contribution in [-0.4, -0.2) is 24.0 Å². The molecule has 6 heteroatoms. The Hall–Kier alpha value is -1.88. The molecule has 108 valence electrons. The molecule has 1 atom stereocenters. The van der Waals surface area contributed by atoms with Crippen LogP contribution in [0, 0.1) is 0 Å². The minimum atomic E-state index is 0.0255. The van der Waals surface area contributed by atoms with Gasteiger partial charge in [0.25, 0.3) is 0 Å². The lowest BCUT2D eigenvalue weighted by Gasteiger charge is -2.19. The quantitative estimate of drug-likeness (QED) is 0.920. The summed E-state index contributed by atoms with van der Waals surface area (Å²) in [5.74, 6) is 1.33. The molecule has 0 saturated carbocycles. The topological polar surface area (TPSA) is 48.3 Å². The Morgan fingerprint density at radius 3 is 2.50 bits per heavy atom. The van der Waals surface area contributed by atoms with Crippen molar-refractivity contribution < 1.29 is 9.47 Å². The molecule has 1 aromatic carbocycles. The van der Waals surface area contributed by atoms with E-state index in [1.165, 1.54) is 0 Å². The van der Waals surface area contributed by atoms with E-state index in [0.717, 1.165) is 17.0 Å². The summed E-state index contributed by atoms with van der Waals surface area (Å²) in [5.41, 5.74) is 1.90. The van der Waals surface area contributed by atoms with Crippen LogP contribution in [0.15, 0.2) is 24.5 Å². The molecule has 1 aromatic heterocycles. The molecule has 5 nitrogen and oxygen atoms in total. The second kappa shape index (κ2) is 6.05. The van der Waals surface area contributed by atoms with Crippen molar-refractivity contribution in [1.82, 2.24) is 9.78 Å². The Morgan fingerprint density at radius 1 is 1.25 bits per heavy atom. The molecular formula is C14H18ClN3O2. The zero-order valence-electron chi connectivity index (χ0n) is 12.0. The molecule has 0 saturated heterocycles. The Bertz CT molecular complexity index is 598. The van der Waals surface area contributed by atoms with Gasteiger partial charge in [-0.05, 0) is 13.0 Å². The number of hydrogen-bond donors (Lipinski definition) is 1. The molecule has 0 radical (unpaired) electrons. The molecule has 20 heavy (non-hydrogen) atoms. The van der Waals surface area contributed by atoms with Crippen molar-refractivity contribution in [3.63, 3.8) is 0 Å². The maximum atomic E-state index is 6.18. The van der Waals surface area contributed by atoms with E-state index in [0.29, 0.717) is 10.8 Å². The first-order valence-corrected chi connectivity index (χ1v) is 6.59. The molecular weight excluding hydrogens is 278 g/mol. The third kappa shape index (κ3) is 2.99. The highest BCUT2D eigenvalue weighted by molar-refractivity contribution is 6.32. The van der Waals surface area contributed by atoms with E-state index < -0.39 is 0 Å². The van der Waals surface area contributed by atoms with Crippen molar-refractivity contribution >= 4 is 17.3 Å². The first-order chi connectivity index (χ1) is 9.55. The van der Waals surface area contributed by atoms with Crippen molar-refractivity contribution in [1.29, 1.82) is 0 Å². The molecule has 0 bridgehead atoms. The number of aromatic nitrogens is 2. The summed E-state index contributed by atoms with van der Waals surface area (Å²) in [6.07, 6.45) is 3.68. The number of benzene rings is 1. The first kappa shape index (κ1) is 14.5. The van der Waals surface area contributed by atoms with Crippen molar-refractivity contribution in [2.75, 3.05) is 19.5 Å². The highest BCUT2D eigenvalue weighted by Crippen LogP contribution is 2.36. The Labute approximate surface area is 123 Å². The molecule has 1 unspecified atom stereocenters. The lowest BCUT2D eigenvalue weighted by Crippen LogP contribution is -2.08. The van der Waals surface area contributed by atoms with Crippen LogP contribution in [0.4, 0.5) is 5.69 Å². The van der Waals surface area contributed by atoms with Gasteiger partial charge in [-0.2, -0.15) is 5.10 Å². The van der Waals surface area contributed by atoms with Crippen LogP contribution < -0.4 is 14.8 Å². The average molecular weight is 296 g/mol. The predicted octanol–water partition coefficient (Wildman–Crippen LogP) is 3.26. The van der Waals surface area contributed by atoms with Crippen LogP contribution in [0.3, 0.4) is 0 Å². The van der Waals surface area contributed by atoms with Crippen molar-refractivity contribution in [2.24, 2.45) is 7.05 Å². The summed E-state index contributed by atoms with van der Waals surface area (Å²) >= 11 is 6.18. The van der Waals surface area contributed by atoms with E-state index in [4.69, 9.17) is 21.1 Å². The van der Waals surface area contributed by atoms with Crippen molar-refractivity contribution in [2.45, 2.75) is 13.0 Å². The van der Waals surface area contributed by atoms with Crippen LogP contribution in [0.1, 0.15) is 18.5 Å². The number of hydrogen-bond acceptors (Lipinski definition) is 4. The molecule has 1 N–H and O–H groups in total. The van der Waals surface area contributed by atoms with Gasteiger partial charge in [0.2, 0.25) is 0 Å². The van der Waals surface area contributed by atoms with E-state index in [2.05, 4.69) is 10.4 Å². The fourth-order valence-corrected chi connectivity index (χ4v) is 2.29. The lowest BCUT2D eigenvalue weighted by atomic mass is 10.1. The van der Waals surface area contributed by atoms with Gasteiger partial charge in [-0.15, -0.1) is 0 Å². The van der Waals surface area contributed by atoms with Crippen molar-refractivity contribution in [3.8, 4) is 11.5 Å². The van der Waals surface area contributed by atoms with Crippen LogP contribution in [-0.2, 0) is 7.05 Å². The molecule has 2 aromatic rings. The van der Waals surface area contributed by atoms with Crippen LogP contribution >= 0.6 is 11.6 Å². The summed E-state index contributed by atoms with van der Waals surface area (Å²) in [6, 6.07) is 3.67. The molecule has 2 rings (SSSR count). The highest BCUT2D eigenvalue weighted by Gasteiger charge is 2.15. The summed E-state index contributed by atoms with van der Waals surface area (Å²) < 4.78 is 12.3. The molecule has 0 amide bonds. The fourth-order valence-electron chi connectivity index (χ4n) is 2.05. The maximum Gasteiger partial charge on any atom is 0.141 e. The summed E-state index contributed by atoms with van der Waals surface area (Å²) in [6.45, 7) is 2.04. The van der Waals surface area contributed by atoms with Gasteiger partial charge in [0.05, 0.1) is 37.2 Å². The van der Waals surface area contributed by atoms with E-state index in [9.17, 15) is 0 Å². The van der Waals surface area contributed by atoms with Gasteiger partial charge in [-0.1, -0.05) is 11.6 Å². The predicted molar refractivity (Wildman–Crippen MR) is 79.8 cm³/mol. The number of anilines is 1. The fraction of sp³-hybridized carbons (Fsp3) is 0.357. The van der Waals surface area contributed by atoms with Gasteiger partial charge in [0.15, 0.2) is 0 Å². The normalized spacial score (nSPS) is 12.1. The maximum absolute atomic E-state index is 6.18. The number of nitrogens with zero attached hydrogens (tertiary/aromatic N) is 2. The van der Waals surface area contributed by atoms with Gasteiger partial charge in [-0.3, -0.25) is 4.68 Å². The Morgan fingerprint density at radius 2 is 1.95 bits per heavy atom. The lowest BCUT2D eigenvalue weighted by molar-refractivity contribution is 0.390. The number of nitrogens with one attached hydrogen (secondary N) is 1. The van der Waals surface area contributed by atoms with Crippen LogP contribution in [0.5, 0.6) is 11.5 Å². The number of rotatable bonds is 5. The minimum absolute atomic E-state index is 0.0255. The smallest absolute Gasteiger partial charge is 0.141 e. The second-order valence-electron chi connectivity index (χ2n) is 4.50. The largest absolute Gasteiger partial charge is 0.496 e. The van der Waals surface area contributed by atoms with Crippen molar-refractivity contribution in [3.05, 3.63) is 35.1 Å². The average Bonchev–Trinajstić information content (AvgIpc) is 2.83.